The summed E-state index contributed by atoms with van der Waals surface area (Å²) in [5.74, 6) is 0.873. The first-order valence-electron chi connectivity index (χ1n) is 10.6. The van der Waals surface area contributed by atoms with Crippen molar-refractivity contribution in [1.29, 1.82) is 0 Å². The Bertz CT molecular complexity index is 1100. The highest BCUT2D eigenvalue weighted by atomic mass is 16.7. The zero-order valence-corrected chi connectivity index (χ0v) is 18.6. The number of amides is 1. The number of carbonyl (C=O) groups is 1. The summed E-state index contributed by atoms with van der Waals surface area (Å²) in [6.45, 7) is 0.540. The second-order valence-electron chi connectivity index (χ2n) is 7.52. The maximum atomic E-state index is 13.2. The molecule has 1 aliphatic heterocycles. The zero-order chi connectivity index (χ0) is 23.0. The van der Waals surface area contributed by atoms with Crippen molar-refractivity contribution in [1.82, 2.24) is 5.06 Å². The molecule has 1 atom stereocenters. The third-order valence-electron chi connectivity index (χ3n) is 5.37. The minimum Gasteiger partial charge on any atom is -0.493 e. The summed E-state index contributed by atoms with van der Waals surface area (Å²) in [5.41, 5.74) is 3.09. The number of nitrogens with zero attached hydrogens (tertiary/aromatic N) is 2. The maximum Gasteiger partial charge on any atom is 0.295 e. The van der Waals surface area contributed by atoms with E-state index in [2.05, 4.69) is 5.16 Å². The first-order chi connectivity index (χ1) is 16.2. The van der Waals surface area contributed by atoms with Crippen molar-refractivity contribution >= 4 is 11.6 Å². The van der Waals surface area contributed by atoms with Crippen molar-refractivity contribution in [2.24, 2.45) is 5.16 Å². The van der Waals surface area contributed by atoms with Gasteiger partial charge in [-0.2, -0.15) is 0 Å². The number of hydroxylamine groups is 2. The molecule has 7 nitrogen and oxygen atoms in total. The van der Waals surface area contributed by atoms with Gasteiger partial charge in [-0.05, 0) is 28.8 Å². The van der Waals surface area contributed by atoms with Crippen LogP contribution in [0, 0.1) is 0 Å². The van der Waals surface area contributed by atoms with Crippen molar-refractivity contribution in [3.8, 4) is 11.5 Å². The highest BCUT2D eigenvalue weighted by molar-refractivity contribution is 6.40. The predicted molar refractivity (Wildman–Crippen MR) is 124 cm³/mol. The van der Waals surface area contributed by atoms with Crippen molar-refractivity contribution in [3.05, 3.63) is 95.6 Å². The van der Waals surface area contributed by atoms with Crippen LogP contribution < -0.4 is 9.47 Å². The first-order valence-corrected chi connectivity index (χ1v) is 10.6. The van der Waals surface area contributed by atoms with E-state index in [4.69, 9.17) is 19.1 Å². The topological polar surface area (TPSA) is 69.6 Å². The molecule has 0 N–H and O–H groups in total. The van der Waals surface area contributed by atoms with Crippen LogP contribution in [0.15, 0.2) is 84.0 Å². The van der Waals surface area contributed by atoms with E-state index in [1.807, 2.05) is 78.9 Å². The van der Waals surface area contributed by atoms with Gasteiger partial charge in [-0.25, -0.2) is 5.06 Å². The molecular formula is C26H26N2O5. The van der Waals surface area contributed by atoms with Gasteiger partial charge in [-0.3, -0.25) is 9.63 Å². The fourth-order valence-corrected chi connectivity index (χ4v) is 3.64. The molecule has 1 amide bonds. The molecular weight excluding hydrogens is 420 g/mol. The molecule has 0 bridgehead atoms. The van der Waals surface area contributed by atoms with Gasteiger partial charge in [0.1, 0.15) is 18.9 Å². The van der Waals surface area contributed by atoms with E-state index < -0.39 is 0 Å². The molecule has 1 aliphatic rings. The van der Waals surface area contributed by atoms with Crippen LogP contribution in [-0.2, 0) is 27.7 Å². The molecule has 0 saturated carbocycles. The Morgan fingerprint density at radius 3 is 2.12 bits per heavy atom. The van der Waals surface area contributed by atoms with Crippen LogP contribution in [0.5, 0.6) is 11.5 Å². The number of oxime groups is 1. The normalized spacial score (nSPS) is 16.8. The van der Waals surface area contributed by atoms with Gasteiger partial charge < -0.3 is 14.3 Å². The first kappa shape index (κ1) is 22.4. The summed E-state index contributed by atoms with van der Waals surface area (Å²) in [5, 5.41) is 5.52. The second kappa shape index (κ2) is 10.7. The van der Waals surface area contributed by atoms with Crippen LogP contribution in [0.1, 0.15) is 29.2 Å². The van der Waals surface area contributed by atoms with E-state index in [1.165, 1.54) is 5.06 Å². The van der Waals surface area contributed by atoms with Crippen LogP contribution in [0.3, 0.4) is 0 Å². The molecule has 0 aromatic heterocycles. The minimum atomic E-state index is -0.375. The van der Waals surface area contributed by atoms with Gasteiger partial charge in [0.25, 0.3) is 5.91 Å². The number of hydrogen-bond donors (Lipinski definition) is 0. The molecule has 0 aliphatic carbocycles. The molecule has 1 saturated heterocycles. The summed E-state index contributed by atoms with van der Waals surface area (Å²) < 4.78 is 10.8. The quantitative estimate of drug-likeness (QED) is 0.447. The SMILES string of the molecule is COc1ccc(C2C/C(=N/OCc3ccccc3)C(=O)N2OCc2ccccc2)cc1OC. The number of rotatable bonds is 9. The van der Waals surface area contributed by atoms with Gasteiger partial charge in [-0.1, -0.05) is 71.9 Å². The highest BCUT2D eigenvalue weighted by Crippen LogP contribution is 2.37. The van der Waals surface area contributed by atoms with E-state index in [9.17, 15) is 4.79 Å². The lowest BCUT2D eigenvalue weighted by Gasteiger charge is -2.24. The van der Waals surface area contributed by atoms with Crippen LogP contribution in [0.4, 0.5) is 0 Å². The molecule has 3 aromatic rings. The minimum absolute atomic E-state index is 0.258. The Kier molecular flexibility index (Phi) is 7.22. The third kappa shape index (κ3) is 5.32. The van der Waals surface area contributed by atoms with Crippen LogP contribution in [-0.4, -0.2) is 30.9 Å². The number of hydrogen-bond acceptors (Lipinski definition) is 6. The second-order valence-corrected chi connectivity index (χ2v) is 7.52. The van der Waals surface area contributed by atoms with Gasteiger partial charge in [0.05, 0.1) is 20.3 Å². The number of methoxy groups -OCH3 is 2. The van der Waals surface area contributed by atoms with Crippen LogP contribution in [0.2, 0.25) is 0 Å². The van der Waals surface area contributed by atoms with E-state index in [0.29, 0.717) is 23.6 Å². The van der Waals surface area contributed by atoms with Gasteiger partial charge in [0.15, 0.2) is 11.5 Å². The van der Waals surface area contributed by atoms with Crippen molar-refractivity contribution in [2.75, 3.05) is 14.2 Å². The van der Waals surface area contributed by atoms with Gasteiger partial charge in [0.2, 0.25) is 0 Å². The number of carbonyl (C=O) groups excluding carboxylic acids is 1. The molecule has 1 heterocycles. The molecule has 4 rings (SSSR count). The number of benzene rings is 3. The fraction of sp³-hybridized carbons (Fsp3) is 0.231. The number of ether oxygens (including phenoxy) is 2. The Morgan fingerprint density at radius 1 is 0.848 bits per heavy atom. The van der Waals surface area contributed by atoms with Crippen LogP contribution >= 0.6 is 0 Å². The largest absolute Gasteiger partial charge is 0.493 e. The summed E-state index contributed by atoms with van der Waals surface area (Å²) in [4.78, 5) is 24.6. The summed E-state index contributed by atoms with van der Waals surface area (Å²) in [6, 6.07) is 24.6. The zero-order valence-electron chi connectivity index (χ0n) is 18.6. The van der Waals surface area contributed by atoms with Gasteiger partial charge in [-0.15, -0.1) is 0 Å². The smallest absolute Gasteiger partial charge is 0.295 e. The Balaban J connectivity index is 1.56. The Morgan fingerprint density at radius 2 is 1.48 bits per heavy atom. The lowest BCUT2D eigenvalue weighted by molar-refractivity contribution is -0.193. The summed E-state index contributed by atoms with van der Waals surface area (Å²) in [6.07, 6.45) is 0.345. The lowest BCUT2D eigenvalue weighted by Crippen LogP contribution is -2.30. The van der Waals surface area contributed by atoms with Crippen molar-refractivity contribution in [2.45, 2.75) is 25.7 Å². The van der Waals surface area contributed by atoms with Gasteiger partial charge in [0, 0.05) is 6.42 Å². The average molecular weight is 447 g/mol. The average Bonchev–Trinajstić information content (AvgIpc) is 3.18. The predicted octanol–water partition coefficient (Wildman–Crippen LogP) is 4.68. The lowest BCUT2D eigenvalue weighted by atomic mass is 10.0. The molecule has 1 fully saturated rings. The highest BCUT2D eigenvalue weighted by Gasteiger charge is 2.40. The molecule has 0 radical (unpaired) electrons. The molecule has 33 heavy (non-hydrogen) atoms. The van der Waals surface area contributed by atoms with E-state index in [0.717, 1.165) is 16.7 Å². The molecule has 3 aromatic carbocycles. The van der Waals surface area contributed by atoms with Gasteiger partial charge >= 0.3 is 0 Å². The monoisotopic (exact) mass is 446 g/mol. The van der Waals surface area contributed by atoms with E-state index in [-0.39, 0.29) is 25.2 Å². The Labute approximate surface area is 193 Å². The standard InChI is InChI=1S/C26H26N2O5/c1-30-24-14-13-21(15-25(24)31-2)23-16-22(27-32-17-19-9-5-3-6-10-19)26(29)28(23)33-18-20-11-7-4-8-12-20/h3-15,23H,16-18H2,1-2H3/b27-22-. The molecule has 170 valence electrons. The van der Waals surface area contributed by atoms with E-state index in [1.54, 1.807) is 14.2 Å². The maximum absolute atomic E-state index is 13.2. The Hall–Kier alpha value is -3.84. The third-order valence-corrected chi connectivity index (χ3v) is 5.37. The van der Waals surface area contributed by atoms with E-state index >= 15 is 0 Å². The molecule has 7 heteroatoms. The van der Waals surface area contributed by atoms with Crippen molar-refractivity contribution in [3.63, 3.8) is 0 Å². The molecule has 0 spiro atoms. The summed E-state index contributed by atoms with van der Waals surface area (Å²) >= 11 is 0. The van der Waals surface area contributed by atoms with Crippen LogP contribution in [0.25, 0.3) is 0 Å². The van der Waals surface area contributed by atoms with Crippen molar-refractivity contribution < 1.29 is 23.9 Å². The fourth-order valence-electron chi connectivity index (χ4n) is 3.64. The molecule has 1 unspecified atom stereocenters. The summed E-state index contributed by atoms with van der Waals surface area (Å²) in [7, 11) is 3.16.